The normalized spacial score (nSPS) is 12.0. The summed E-state index contributed by atoms with van der Waals surface area (Å²) in [4.78, 5) is 0. The van der Waals surface area contributed by atoms with Gasteiger partial charge in [-0.15, -0.1) is 0 Å². The van der Waals surface area contributed by atoms with Crippen LogP contribution in [0.15, 0.2) is 0 Å². The number of halogens is 1. The minimum atomic E-state index is -1.12. The van der Waals surface area contributed by atoms with Crippen molar-refractivity contribution in [1.82, 2.24) is 5.32 Å². The van der Waals surface area contributed by atoms with Gasteiger partial charge in [-0.25, -0.2) is 4.39 Å². The molecule has 0 saturated heterocycles. The maximum atomic E-state index is 12.6. The van der Waals surface area contributed by atoms with Gasteiger partial charge in [0.05, 0.1) is 0 Å². The number of hydrogen-bond donors (Lipinski definition) is 2. The molecule has 0 unspecified atom stereocenters. The first-order valence-electron chi connectivity index (χ1n) is 3.16. The molecule has 9 heavy (non-hydrogen) atoms. The Labute approximate surface area is 55.6 Å². The molecule has 0 amide bonds. The third-order valence-electron chi connectivity index (χ3n) is 0.866. The van der Waals surface area contributed by atoms with E-state index in [1.165, 1.54) is 13.8 Å². The van der Waals surface area contributed by atoms with Gasteiger partial charge in [0.1, 0.15) is 5.67 Å². The van der Waals surface area contributed by atoms with Crippen LogP contribution in [0.25, 0.3) is 0 Å². The van der Waals surface area contributed by atoms with Gasteiger partial charge in [-0.2, -0.15) is 0 Å². The molecule has 0 aliphatic heterocycles. The average Bonchev–Trinajstić information content (AvgIpc) is 1.63. The van der Waals surface area contributed by atoms with Crippen molar-refractivity contribution in [3.05, 3.63) is 0 Å². The van der Waals surface area contributed by atoms with Gasteiger partial charge in [0.2, 0.25) is 0 Å². The van der Waals surface area contributed by atoms with Crippen LogP contribution >= 0.6 is 0 Å². The third-order valence-corrected chi connectivity index (χ3v) is 0.866. The maximum Gasteiger partial charge on any atom is 0.117 e. The smallest absolute Gasteiger partial charge is 0.117 e. The highest BCUT2D eigenvalue weighted by atomic mass is 19.1. The van der Waals surface area contributed by atoms with Gasteiger partial charge in [0, 0.05) is 19.6 Å². The van der Waals surface area contributed by atoms with E-state index in [-0.39, 0.29) is 0 Å². The Morgan fingerprint density at radius 3 is 2.44 bits per heavy atom. The van der Waals surface area contributed by atoms with Gasteiger partial charge in [-0.1, -0.05) is 0 Å². The van der Waals surface area contributed by atoms with Crippen LogP contribution in [0.5, 0.6) is 0 Å². The second-order valence-electron chi connectivity index (χ2n) is 2.68. The molecule has 0 bridgehead atoms. The molecule has 0 aromatic carbocycles. The summed E-state index contributed by atoms with van der Waals surface area (Å²) in [6, 6.07) is 0. The van der Waals surface area contributed by atoms with Crippen LogP contribution in [-0.4, -0.2) is 25.3 Å². The first-order chi connectivity index (χ1) is 4.06. The van der Waals surface area contributed by atoms with E-state index in [1.807, 2.05) is 0 Å². The van der Waals surface area contributed by atoms with Gasteiger partial charge in [0.25, 0.3) is 0 Å². The van der Waals surface area contributed by atoms with Crippen LogP contribution in [0.1, 0.15) is 13.8 Å². The summed E-state index contributed by atoms with van der Waals surface area (Å²) >= 11 is 0. The molecule has 0 rings (SSSR count). The summed E-state index contributed by atoms with van der Waals surface area (Å²) in [6.45, 7) is 4.71. The second-order valence-corrected chi connectivity index (χ2v) is 2.68. The summed E-state index contributed by atoms with van der Waals surface area (Å²) < 4.78 is 12.6. The molecule has 3 N–H and O–H groups in total. The molecular weight excluding hydrogens is 119 g/mol. The fourth-order valence-corrected chi connectivity index (χ4v) is 0.488. The predicted molar refractivity (Wildman–Crippen MR) is 37.1 cm³/mol. The molecule has 0 fully saturated rings. The molecule has 0 spiro atoms. The summed E-state index contributed by atoms with van der Waals surface area (Å²) in [6.07, 6.45) is 0. The lowest BCUT2D eigenvalue weighted by Crippen LogP contribution is -2.34. The van der Waals surface area contributed by atoms with Crippen molar-refractivity contribution in [3.8, 4) is 0 Å². The number of nitrogens with one attached hydrogen (secondary N) is 1. The van der Waals surface area contributed by atoms with Crippen molar-refractivity contribution in [3.63, 3.8) is 0 Å². The molecule has 3 heteroatoms. The lowest BCUT2D eigenvalue weighted by Gasteiger charge is -2.13. The molecule has 0 radical (unpaired) electrons. The molecule has 0 aromatic rings. The Hall–Kier alpha value is -0.150. The van der Waals surface area contributed by atoms with Gasteiger partial charge in [0.15, 0.2) is 0 Å². The van der Waals surface area contributed by atoms with Gasteiger partial charge < -0.3 is 11.1 Å². The zero-order chi connectivity index (χ0) is 7.33. The van der Waals surface area contributed by atoms with Crippen molar-refractivity contribution in [2.75, 3.05) is 19.6 Å². The van der Waals surface area contributed by atoms with Gasteiger partial charge in [-0.05, 0) is 13.8 Å². The van der Waals surface area contributed by atoms with Crippen LogP contribution in [0, 0.1) is 0 Å². The Kier molecular flexibility index (Phi) is 3.73. The SMILES string of the molecule is CC(C)(F)CNCCN. The van der Waals surface area contributed by atoms with E-state index in [4.69, 9.17) is 5.73 Å². The molecule has 0 saturated carbocycles. The molecule has 0 heterocycles. The van der Waals surface area contributed by atoms with Crippen molar-refractivity contribution in [2.45, 2.75) is 19.5 Å². The van der Waals surface area contributed by atoms with E-state index >= 15 is 0 Å². The Balaban J connectivity index is 3.07. The van der Waals surface area contributed by atoms with Gasteiger partial charge >= 0.3 is 0 Å². The highest BCUT2D eigenvalue weighted by Gasteiger charge is 2.13. The Bertz CT molecular complexity index is 67.9. The Morgan fingerprint density at radius 2 is 2.11 bits per heavy atom. The molecule has 0 atom stereocenters. The van der Waals surface area contributed by atoms with Crippen molar-refractivity contribution >= 4 is 0 Å². The first-order valence-corrected chi connectivity index (χ1v) is 3.16. The fraction of sp³-hybridized carbons (Fsp3) is 1.00. The van der Waals surface area contributed by atoms with Crippen LogP contribution in [-0.2, 0) is 0 Å². The minimum Gasteiger partial charge on any atom is -0.329 e. The number of alkyl halides is 1. The summed E-state index contributed by atoms with van der Waals surface area (Å²) in [5.74, 6) is 0. The van der Waals surface area contributed by atoms with Crippen LogP contribution < -0.4 is 11.1 Å². The van der Waals surface area contributed by atoms with Gasteiger partial charge in [-0.3, -0.25) is 0 Å². The number of nitrogens with two attached hydrogens (primary N) is 1. The molecule has 2 nitrogen and oxygen atoms in total. The summed E-state index contributed by atoms with van der Waals surface area (Å²) in [5.41, 5.74) is 4.06. The zero-order valence-corrected chi connectivity index (χ0v) is 6.08. The third kappa shape index (κ3) is 7.85. The van der Waals surface area contributed by atoms with E-state index in [0.29, 0.717) is 19.6 Å². The van der Waals surface area contributed by atoms with Crippen molar-refractivity contribution < 1.29 is 4.39 Å². The summed E-state index contributed by atoms with van der Waals surface area (Å²) in [7, 11) is 0. The largest absolute Gasteiger partial charge is 0.329 e. The van der Waals surface area contributed by atoms with Crippen molar-refractivity contribution in [1.29, 1.82) is 0 Å². The number of rotatable bonds is 4. The fourth-order valence-electron chi connectivity index (χ4n) is 0.488. The lowest BCUT2D eigenvalue weighted by atomic mass is 10.2. The standard InChI is InChI=1S/C6H15FN2/c1-6(2,7)5-9-4-3-8/h9H,3-5,8H2,1-2H3. The molecule has 0 aromatic heterocycles. The van der Waals surface area contributed by atoms with Crippen molar-refractivity contribution in [2.24, 2.45) is 5.73 Å². The molecule has 0 aliphatic carbocycles. The Morgan fingerprint density at radius 1 is 1.56 bits per heavy atom. The van der Waals surface area contributed by atoms with Crippen LogP contribution in [0.4, 0.5) is 4.39 Å². The predicted octanol–water partition coefficient (Wildman–Crippen LogP) is 0.283. The molecule has 0 aliphatic rings. The van der Waals surface area contributed by atoms with E-state index in [1.54, 1.807) is 0 Å². The van der Waals surface area contributed by atoms with E-state index in [0.717, 1.165) is 0 Å². The quantitative estimate of drug-likeness (QED) is 0.542. The zero-order valence-electron chi connectivity index (χ0n) is 6.08. The lowest BCUT2D eigenvalue weighted by molar-refractivity contribution is 0.211. The summed E-state index contributed by atoms with van der Waals surface area (Å²) in [5, 5.41) is 2.88. The number of hydrogen-bond acceptors (Lipinski definition) is 2. The molecular formula is C6H15FN2. The second kappa shape index (κ2) is 3.80. The van der Waals surface area contributed by atoms with Crippen LogP contribution in [0.3, 0.4) is 0 Å². The topological polar surface area (TPSA) is 38.0 Å². The molecule has 56 valence electrons. The average molecular weight is 134 g/mol. The first kappa shape index (κ1) is 8.85. The maximum absolute atomic E-state index is 12.6. The monoisotopic (exact) mass is 134 g/mol. The van der Waals surface area contributed by atoms with Crippen LogP contribution in [0.2, 0.25) is 0 Å². The minimum absolute atomic E-state index is 0.379. The van der Waals surface area contributed by atoms with E-state index in [9.17, 15) is 4.39 Å². The van der Waals surface area contributed by atoms with E-state index in [2.05, 4.69) is 5.32 Å². The highest BCUT2D eigenvalue weighted by molar-refractivity contribution is 4.68. The highest BCUT2D eigenvalue weighted by Crippen LogP contribution is 2.04. The van der Waals surface area contributed by atoms with E-state index < -0.39 is 5.67 Å².